The lowest BCUT2D eigenvalue weighted by atomic mass is 9.72. The zero-order chi connectivity index (χ0) is 36.0. The summed E-state index contributed by atoms with van der Waals surface area (Å²) in [6.45, 7) is 4.75. The lowest BCUT2D eigenvalue weighted by Crippen LogP contribution is -2.31. The Morgan fingerprint density at radius 1 is 0.407 bits per heavy atom. The zero-order valence-corrected chi connectivity index (χ0v) is 30.1. The first-order chi connectivity index (χ1) is 26.5. The van der Waals surface area contributed by atoms with Gasteiger partial charge in [-0.25, -0.2) is 0 Å². The summed E-state index contributed by atoms with van der Waals surface area (Å²) in [5, 5.41) is 7.22. The van der Waals surface area contributed by atoms with E-state index in [-0.39, 0.29) is 5.41 Å². The van der Waals surface area contributed by atoms with E-state index in [1.807, 2.05) is 0 Å². The van der Waals surface area contributed by atoms with Crippen molar-refractivity contribution in [1.82, 2.24) is 0 Å². The molecule has 2 aliphatic heterocycles. The van der Waals surface area contributed by atoms with E-state index in [4.69, 9.17) is 4.74 Å². The minimum absolute atomic E-state index is 0.265. The molecule has 0 N–H and O–H groups in total. The molecule has 0 saturated heterocycles. The molecule has 0 amide bonds. The monoisotopic (exact) mass is 692 g/mol. The minimum atomic E-state index is -0.265. The highest BCUT2D eigenvalue weighted by Crippen LogP contribution is 2.57. The van der Waals surface area contributed by atoms with Crippen LogP contribution in [0.2, 0.25) is 0 Å². The third-order valence-corrected chi connectivity index (χ3v) is 11.6. The van der Waals surface area contributed by atoms with Crippen molar-refractivity contribution in [1.29, 1.82) is 0 Å². The van der Waals surface area contributed by atoms with Crippen LogP contribution >= 0.6 is 0 Å². The number of hydrogen-bond acceptors (Lipinski definition) is 3. The van der Waals surface area contributed by atoms with Crippen molar-refractivity contribution in [3.63, 3.8) is 0 Å². The maximum atomic E-state index is 6.91. The van der Waals surface area contributed by atoms with Crippen LogP contribution in [0, 0.1) is 0 Å². The molecule has 0 unspecified atom stereocenters. The van der Waals surface area contributed by atoms with E-state index < -0.39 is 0 Å². The van der Waals surface area contributed by atoms with E-state index in [9.17, 15) is 0 Å². The largest absolute Gasteiger partial charge is 0.452 e. The molecule has 2 aliphatic rings. The van der Waals surface area contributed by atoms with Gasteiger partial charge in [0.25, 0.3) is 0 Å². The van der Waals surface area contributed by atoms with Gasteiger partial charge < -0.3 is 14.5 Å². The van der Waals surface area contributed by atoms with Crippen LogP contribution in [0.25, 0.3) is 43.4 Å². The van der Waals surface area contributed by atoms with Gasteiger partial charge in [0.15, 0.2) is 11.5 Å². The Balaban J connectivity index is 1.10. The van der Waals surface area contributed by atoms with Gasteiger partial charge in [0, 0.05) is 27.3 Å². The van der Waals surface area contributed by atoms with Crippen LogP contribution in [0.4, 0.5) is 34.1 Å². The van der Waals surface area contributed by atoms with Crippen molar-refractivity contribution in [3.05, 3.63) is 193 Å². The first-order valence-electron chi connectivity index (χ1n) is 18.7. The molecule has 9 aromatic carbocycles. The van der Waals surface area contributed by atoms with Crippen LogP contribution in [0.5, 0.6) is 11.5 Å². The van der Waals surface area contributed by atoms with Gasteiger partial charge in [-0.1, -0.05) is 147 Å². The molecule has 0 aromatic heterocycles. The summed E-state index contributed by atoms with van der Waals surface area (Å²) in [7, 11) is 0. The van der Waals surface area contributed by atoms with Gasteiger partial charge in [-0.15, -0.1) is 0 Å². The van der Waals surface area contributed by atoms with Crippen LogP contribution in [0.15, 0.2) is 182 Å². The van der Waals surface area contributed by atoms with Crippen molar-refractivity contribution in [2.75, 3.05) is 9.80 Å². The normalized spacial score (nSPS) is 14.0. The lowest BCUT2D eigenvalue weighted by molar-refractivity contribution is 0.483. The van der Waals surface area contributed by atoms with E-state index in [1.165, 1.54) is 49.7 Å². The SMILES string of the molecule is CC1(C)c2cc(-c3ccc4c(c3)Oc3c(ccc5ccccc35)N4c3ccccc3)ccc2N(c2cccc3ccccc23)c2c1ccc1ccccc21. The smallest absolute Gasteiger partial charge is 0.159 e. The average molecular weight is 693 g/mol. The number of benzene rings is 9. The van der Waals surface area contributed by atoms with Gasteiger partial charge in [0.05, 0.1) is 28.4 Å². The second-order valence-electron chi connectivity index (χ2n) is 15.0. The molecular weight excluding hydrogens is 657 g/mol. The highest BCUT2D eigenvalue weighted by atomic mass is 16.5. The Morgan fingerprint density at radius 3 is 1.80 bits per heavy atom. The molecule has 0 atom stereocenters. The number of hydrogen-bond donors (Lipinski definition) is 0. The summed E-state index contributed by atoms with van der Waals surface area (Å²) in [5.74, 6) is 1.72. The summed E-state index contributed by atoms with van der Waals surface area (Å²) in [6.07, 6.45) is 0. The summed E-state index contributed by atoms with van der Waals surface area (Å²) in [4.78, 5) is 4.84. The van der Waals surface area contributed by atoms with Gasteiger partial charge in [-0.3, -0.25) is 0 Å². The predicted octanol–water partition coefficient (Wildman–Crippen LogP) is 14.5. The summed E-state index contributed by atoms with van der Waals surface area (Å²) in [6, 6.07) is 65.9. The Morgan fingerprint density at radius 2 is 1.00 bits per heavy atom. The predicted molar refractivity (Wildman–Crippen MR) is 226 cm³/mol. The first-order valence-corrected chi connectivity index (χ1v) is 18.7. The van der Waals surface area contributed by atoms with E-state index in [2.05, 4.69) is 206 Å². The summed E-state index contributed by atoms with van der Waals surface area (Å²) < 4.78 is 6.91. The fourth-order valence-corrected chi connectivity index (χ4v) is 8.90. The van der Waals surface area contributed by atoms with Gasteiger partial charge in [0.2, 0.25) is 0 Å². The number of ether oxygens (including phenoxy) is 1. The van der Waals surface area contributed by atoms with Gasteiger partial charge in [0.1, 0.15) is 0 Å². The molecule has 0 bridgehead atoms. The molecule has 11 rings (SSSR count). The summed E-state index contributed by atoms with van der Waals surface area (Å²) in [5.41, 5.74) is 11.4. The van der Waals surface area contributed by atoms with Gasteiger partial charge >= 0.3 is 0 Å². The van der Waals surface area contributed by atoms with Crippen molar-refractivity contribution >= 4 is 66.4 Å². The second kappa shape index (κ2) is 11.6. The number of rotatable bonds is 3. The lowest BCUT2D eigenvalue weighted by Gasteiger charge is -2.43. The zero-order valence-electron chi connectivity index (χ0n) is 30.1. The maximum Gasteiger partial charge on any atom is 0.159 e. The molecule has 0 saturated carbocycles. The van der Waals surface area contributed by atoms with E-state index in [1.54, 1.807) is 0 Å². The third kappa shape index (κ3) is 4.48. The van der Waals surface area contributed by atoms with Crippen LogP contribution in [-0.2, 0) is 5.41 Å². The van der Waals surface area contributed by atoms with Gasteiger partial charge in [-0.05, 0) is 86.9 Å². The Bertz CT molecular complexity index is 2960. The quantitative estimate of drug-likeness (QED) is 0.183. The number of para-hydroxylation sites is 1. The Kier molecular flexibility index (Phi) is 6.60. The van der Waals surface area contributed by atoms with Crippen LogP contribution in [0.3, 0.4) is 0 Å². The topological polar surface area (TPSA) is 15.7 Å². The molecule has 256 valence electrons. The molecule has 9 aromatic rings. The number of fused-ring (bicyclic) bond motifs is 9. The Labute approximate surface area is 314 Å². The third-order valence-electron chi connectivity index (χ3n) is 11.6. The fraction of sp³-hybridized carbons (Fsp3) is 0.0588. The van der Waals surface area contributed by atoms with Crippen LogP contribution < -0.4 is 14.5 Å². The van der Waals surface area contributed by atoms with Gasteiger partial charge in [-0.2, -0.15) is 0 Å². The van der Waals surface area contributed by atoms with Crippen molar-refractivity contribution in [2.24, 2.45) is 0 Å². The first kappa shape index (κ1) is 30.8. The molecule has 0 fully saturated rings. The highest BCUT2D eigenvalue weighted by molar-refractivity contribution is 6.08. The average Bonchev–Trinajstić information content (AvgIpc) is 3.23. The van der Waals surface area contributed by atoms with E-state index >= 15 is 0 Å². The van der Waals surface area contributed by atoms with E-state index in [0.717, 1.165) is 50.5 Å². The molecule has 3 heteroatoms. The fourth-order valence-electron chi connectivity index (χ4n) is 8.90. The van der Waals surface area contributed by atoms with Crippen LogP contribution in [-0.4, -0.2) is 0 Å². The maximum absolute atomic E-state index is 6.91. The molecule has 0 aliphatic carbocycles. The minimum Gasteiger partial charge on any atom is -0.452 e. The number of anilines is 6. The van der Waals surface area contributed by atoms with Crippen LogP contribution in [0.1, 0.15) is 25.0 Å². The highest BCUT2D eigenvalue weighted by Gasteiger charge is 2.39. The Hall–Kier alpha value is -6.84. The molecular formula is C51H36N2O. The van der Waals surface area contributed by atoms with Crippen molar-refractivity contribution in [2.45, 2.75) is 19.3 Å². The molecule has 3 nitrogen and oxygen atoms in total. The molecule has 0 spiro atoms. The van der Waals surface area contributed by atoms with Crippen molar-refractivity contribution in [3.8, 4) is 22.6 Å². The molecule has 54 heavy (non-hydrogen) atoms. The second-order valence-corrected chi connectivity index (χ2v) is 15.0. The molecule has 2 heterocycles. The molecule has 0 radical (unpaired) electrons. The summed E-state index contributed by atoms with van der Waals surface area (Å²) >= 11 is 0. The standard InChI is InChI=1S/C51H36N2O/c1-51(2)42-27-23-34-14-7-10-20-40(34)49(42)53(44-22-12-16-33-13-6-9-19-39(33)44)45-28-25-36(31-43(45)51)37-26-29-46-48(32-37)54-50-41-21-11-8-15-35(41)24-30-47(50)52(46)38-17-4-3-5-18-38/h3-32H,1-2H3. The number of nitrogens with zero attached hydrogens (tertiary/aromatic N) is 2. The van der Waals surface area contributed by atoms with Crippen molar-refractivity contribution < 1.29 is 4.74 Å². The van der Waals surface area contributed by atoms with E-state index in [0.29, 0.717) is 0 Å².